The normalized spacial score (nSPS) is 13.8. The van der Waals surface area contributed by atoms with Gasteiger partial charge >= 0.3 is 0 Å². The molecule has 0 N–H and O–H groups in total. The van der Waals surface area contributed by atoms with Gasteiger partial charge in [0, 0.05) is 18.8 Å². The number of benzene rings is 2. The molecule has 0 saturated heterocycles. The lowest BCUT2D eigenvalue weighted by atomic mass is 10.2. The van der Waals surface area contributed by atoms with Crippen molar-refractivity contribution in [2.24, 2.45) is 5.92 Å². The summed E-state index contributed by atoms with van der Waals surface area (Å²) in [5.74, 6) is 1.38. The Bertz CT molecular complexity index is 960. The van der Waals surface area contributed by atoms with E-state index >= 15 is 0 Å². The number of fused-ring (bicyclic) bond motifs is 1. The number of hydrogen-bond donors (Lipinski definition) is 0. The van der Waals surface area contributed by atoms with Crippen LogP contribution in [-0.2, 0) is 4.79 Å². The zero-order valence-electron chi connectivity index (χ0n) is 16.6. The van der Waals surface area contributed by atoms with Crippen molar-refractivity contribution < 1.29 is 4.79 Å². The van der Waals surface area contributed by atoms with Crippen LogP contribution < -0.4 is 0 Å². The third kappa shape index (κ3) is 4.25. The van der Waals surface area contributed by atoms with E-state index < -0.39 is 0 Å². The fourth-order valence-electron chi connectivity index (χ4n) is 3.46. The van der Waals surface area contributed by atoms with Gasteiger partial charge in [0.25, 0.3) is 0 Å². The number of carbonyl (C=O) groups is 1. The van der Waals surface area contributed by atoms with Gasteiger partial charge in [-0.3, -0.25) is 9.36 Å². The van der Waals surface area contributed by atoms with Gasteiger partial charge < -0.3 is 4.90 Å². The summed E-state index contributed by atoms with van der Waals surface area (Å²) in [4.78, 5) is 19.7. The molecule has 0 radical (unpaired) electrons. The van der Waals surface area contributed by atoms with Gasteiger partial charge in [0.1, 0.15) is 0 Å². The molecule has 2 aromatic carbocycles. The maximum atomic E-state index is 12.8. The quantitative estimate of drug-likeness (QED) is 0.501. The maximum absolute atomic E-state index is 12.8. The molecule has 1 aromatic heterocycles. The average molecular weight is 394 g/mol. The number of hydrogen-bond acceptors (Lipinski definition) is 3. The Hall–Kier alpha value is -2.27. The number of imidazole rings is 1. The van der Waals surface area contributed by atoms with Gasteiger partial charge in [-0.2, -0.15) is 0 Å². The standard InChI is InChI=1S/C23H27N3OS/c1-3-14-25(15-18-10-11-18)22(27)16-28-23-24-20-6-4-5-7-21(20)26(23)19-12-8-17(2)9-13-19/h4-9,12-13,18H,3,10-11,14-16H2,1-2H3. The summed E-state index contributed by atoms with van der Waals surface area (Å²) in [7, 11) is 0. The van der Waals surface area contributed by atoms with Crippen LogP contribution in [0.15, 0.2) is 53.7 Å². The molecular formula is C23H27N3OS. The summed E-state index contributed by atoms with van der Waals surface area (Å²) in [6.45, 7) is 6.00. The highest BCUT2D eigenvalue weighted by atomic mass is 32.2. The van der Waals surface area contributed by atoms with E-state index in [1.54, 1.807) is 11.8 Å². The van der Waals surface area contributed by atoms with Crippen molar-refractivity contribution in [1.82, 2.24) is 14.5 Å². The number of carbonyl (C=O) groups excluding carboxylic acids is 1. The number of rotatable bonds is 8. The summed E-state index contributed by atoms with van der Waals surface area (Å²) in [6.07, 6.45) is 3.54. The average Bonchev–Trinajstić information content (AvgIpc) is 3.45. The van der Waals surface area contributed by atoms with Crippen LogP contribution >= 0.6 is 11.8 Å². The van der Waals surface area contributed by atoms with E-state index in [2.05, 4.69) is 48.7 Å². The Labute approximate surface area is 170 Å². The molecule has 3 aromatic rings. The van der Waals surface area contributed by atoms with Crippen molar-refractivity contribution in [3.63, 3.8) is 0 Å². The largest absolute Gasteiger partial charge is 0.342 e. The lowest BCUT2D eigenvalue weighted by molar-refractivity contribution is -0.128. The fourth-order valence-corrected chi connectivity index (χ4v) is 4.39. The molecule has 0 aliphatic heterocycles. The van der Waals surface area contributed by atoms with Gasteiger partial charge in [0.2, 0.25) is 5.91 Å². The first-order valence-electron chi connectivity index (χ1n) is 10.1. The zero-order valence-corrected chi connectivity index (χ0v) is 17.4. The lowest BCUT2D eigenvalue weighted by Gasteiger charge is -2.21. The van der Waals surface area contributed by atoms with Crippen molar-refractivity contribution in [3.8, 4) is 5.69 Å². The first-order valence-corrected chi connectivity index (χ1v) is 11.1. The summed E-state index contributed by atoms with van der Waals surface area (Å²) < 4.78 is 2.16. The van der Waals surface area contributed by atoms with Crippen LogP contribution in [0, 0.1) is 12.8 Å². The minimum Gasteiger partial charge on any atom is -0.342 e. The van der Waals surface area contributed by atoms with E-state index in [4.69, 9.17) is 4.98 Å². The van der Waals surface area contributed by atoms with Crippen molar-refractivity contribution in [3.05, 3.63) is 54.1 Å². The zero-order chi connectivity index (χ0) is 19.5. The molecule has 1 aliphatic rings. The number of aryl methyl sites for hydroxylation is 1. The third-order valence-corrected chi connectivity index (χ3v) is 6.09. The summed E-state index contributed by atoms with van der Waals surface area (Å²) in [6, 6.07) is 16.6. The van der Waals surface area contributed by atoms with Crippen LogP contribution in [0.2, 0.25) is 0 Å². The molecule has 28 heavy (non-hydrogen) atoms. The number of amides is 1. The molecule has 4 nitrogen and oxygen atoms in total. The van der Waals surface area contributed by atoms with Crippen LogP contribution in [0.4, 0.5) is 0 Å². The highest BCUT2D eigenvalue weighted by Crippen LogP contribution is 2.31. The van der Waals surface area contributed by atoms with E-state index in [1.165, 1.54) is 18.4 Å². The van der Waals surface area contributed by atoms with Gasteiger partial charge in [0.05, 0.1) is 16.8 Å². The monoisotopic (exact) mass is 393 g/mol. The van der Waals surface area contributed by atoms with E-state index in [1.807, 2.05) is 23.1 Å². The molecule has 1 fully saturated rings. The van der Waals surface area contributed by atoms with E-state index in [0.29, 0.717) is 5.75 Å². The Morgan fingerprint density at radius 1 is 1.18 bits per heavy atom. The number of para-hydroxylation sites is 2. The van der Waals surface area contributed by atoms with Crippen LogP contribution in [-0.4, -0.2) is 39.2 Å². The molecule has 4 rings (SSSR count). The van der Waals surface area contributed by atoms with Gasteiger partial charge in [-0.15, -0.1) is 0 Å². The van der Waals surface area contributed by atoms with E-state index in [0.717, 1.165) is 47.3 Å². The SMILES string of the molecule is CCCN(CC1CC1)C(=O)CSc1nc2ccccc2n1-c1ccc(C)cc1. The van der Waals surface area contributed by atoms with E-state index in [-0.39, 0.29) is 5.91 Å². The number of nitrogens with zero attached hydrogens (tertiary/aromatic N) is 3. The molecule has 1 heterocycles. The Balaban J connectivity index is 1.58. The molecule has 1 amide bonds. The van der Waals surface area contributed by atoms with Crippen LogP contribution in [0.1, 0.15) is 31.7 Å². The molecular weight excluding hydrogens is 366 g/mol. The fraction of sp³-hybridized carbons (Fsp3) is 0.391. The smallest absolute Gasteiger partial charge is 0.233 e. The van der Waals surface area contributed by atoms with Crippen LogP contribution in [0.5, 0.6) is 0 Å². The predicted octanol–water partition coefficient (Wildman–Crippen LogP) is 5.07. The second kappa shape index (κ2) is 8.39. The van der Waals surface area contributed by atoms with Gasteiger partial charge in [-0.05, 0) is 56.4 Å². The van der Waals surface area contributed by atoms with E-state index in [9.17, 15) is 4.79 Å². The number of thioether (sulfide) groups is 1. The second-order valence-corrected chi connectivity index (χ2v) is 8.57. The molecule has 0 atom stereocenters. The summed E-state index contributed by atoms with van der Waals surface area (Å²) in [5.41, 5.74) is 4.34. The molecule has 5 heteroatoms. The highest BCUT2D eigenvalue weighted by molar-refractivity contribution is 7.99. The third-order valence-electron chi connectivity index (χ3n) is 5.17. The molecule has 0 spiro atoms. The molecule has 0 unspecified atom stereocenters. The van der Waals surface area contributed by atoms with Crippen molar-refractivity contribution in [1.29, 1.82) is 0 Å². The van der Waals surface area contributed by atoms with Crippen molar-refractivity contribution in [2.45, 2.75) is 38.3 Å². The van der Waals surface area contributed by atoms with Crippen LogP contribution in [0.25, 0.3) is 16.7 Å². The van der Waals surface area contributed by atoms with Gasteiger partial charge in [0.15, 0.2) is 5.16 Å². The molecule has 0 bridgehead atoms. The minimum atomic E-state index is 0.223. The Morgan fingerprint density at radius 2 is 1.93 bits per heavy atom. The minimum absolute atomic E-state index is 0.223. The van der Waals surface area contributed by atoms with Gasteiger partial charge in [-0.1, -0.05) is 48.5 Å². The van der Waals surface area contributed by atoms with Crippen molar-refractivity contribution in [2.75, 3.05) is 18.8 Å². The second-order valence-electron chi connectivity index (χ2n) is 7.63. The summed E-state index contributed by atoms with van der Waals surface area (Å²) >= 11 is 1.54. The topological polar surface area (TPSA) is 38.1 Å². The molecule has 1 saturated carbocycles. The maximum Gasteiger partial charge on any atom is 0.233 e. The number of aromatic nitrogens is 2. The van der Waals surface area contributed by atoms with Gasteiger partial charge in [-0.25, -0.2) is 4.98 Å². The van der Waals surface area contributed by atoms with Crippen LogP contribution in [0.3, 0.4) is 0 Å². The highest BCUT2D eigenvalue weighted by Gasteiger charge is 2.26. The molecule has 146 valence electrons. The molecule has 1 aliphatic carbocycles. The Morgan fingerprint density at radius 3 is 2.64 bits per heavy atom. The first-order chi connectivity index (χ1) is 13.7. The Kier molecular flexibility index (Phi) is 5.72. The predicted molar refractivity (Wildman–Crippen MR) is 116 cm³/mol. The van der Waals surface area contributed by atoms with Crippen molar-refractivity contribution >= 4 is 28.7 Å². The lowest BCUT2D eigenvalue weighted by Crippen LogP contribution is -2.35. The summed E-state index contributed by atoms with van der Waals surface area (Å²) in [5, 5.41) is 0.876. The first kappa shape index (κ1) is 19.1.